The topological polar surface area (TPSA) is 53.1 Å². The van der Waals surface area contributed by atoms with E-state index in [1.807, 2.05) is 15.9 Å². The number of morpholine rings is 1. The zero-order valence-corrected chi connectivity index (χ0v) is 15.2. The fourth-order valence-electron chi connectivity index (χ4n) is 4.25. The Morgan fingerprint density at radius 1 is 1.24 bits per heavy atom. The summed E-state index contributed by atoms with van der Waals surface area (Å²) in [6.45, 7) is 9.96. The summed E-state index contributed by atoms with van der Waals surface area (Å²) < 4.78 is 5.36. The average molecular weight is 349 g/mol. The van der Waals surface area contributed by atoms with Crippen molar-refractivity contribution in [1.82, 2.24) is 14.7 Å². The number of nitrogens with zero attached hydrogens (tertiary/aromatic N) is 3. The smallest absolute Gasteiger partial charge is 0.228 e. The molecule has 1 aliphatic carbocycles. The summed E-state index contributed by atoms with van der Waals surface area (Å²) in [6, 6.07) is 0.336. The number of ether oxygens (including phenoxy) is 1. The second kappa shape index (κ2) is 8.81. The van der Waals surface area contributed by atoms with E-state index in [0.29, 0.717) is 32.1 Å². The third-order valence-electron chi connectivity index (χ3n) is 5.73. The molecule has 6 nitrogen and oxygen atoms in total. The molecule has 2 aliphatic heterocycles. The lowest BCUT2D eigenvalue weighted by Gasteiger charge is -2.30. The molecule has 0 bridgehead atoms. The molecule has 3 rings (SSSR count). The van der Waals surface area contributed by atoms with Crippen molar-refractivity contribution in [3.8, 4) is 0 Å². The van der Waals surface area contributed by atoms with Crippen LogP contribution < -0.4 is 0 Å². The van der Waals surface area contributed by atoms with Gasteiger partial charge in [0.2, 0.25) is 11.8 Å². The van der Waals surface area contributed by atoms with Gasteiger partial charge in [-0.1, -0.05) is 18.9 Å². The van der Waals surface area contributed by atoms with Gasteiger partial charge in [-0.3, -0.25) is 14.5 Å². The lowest BCUT2D eigenvalue weighted by molar-refractivity contribution is -0.137. The second-order valence-corrected chi connectivity index (χ2v) is 7.41. The number of amides is 2. The Kier molecular flexibility index (Phi) is 6.48. The minimum atomic E-state index is -0.183. The molecule has 1 saturated carbocycles. The number of rotatable bonds is 7. The molecule has 1 atom stereocenters. The summed E-state index contributed by atoms with van der Waals surface area (Å²) in [5.74, 6) is 0.0864. The van der Waals surface area contributed by atoms with E-state index in [-0.39, 0.29) is 17.7 Å². The van der Waals surface area contributed by atoms with Crippen LogP contribution in [0.25, 0.3) is 0 Å². The summed E-state index contributed by atoms with van der Waals surface area (Å²) >= 11 is 0. The molecular weight excluding hydrogens is 318 g/mol. The SMILES string of the molecule is C=CCN(C(=O)[C@H]1CC(=O)N(CCN2CCOCC2)C1)C1CCCC1. The maximum Gasteiger partial charge on any atom is 0.228 e. The molecule has 3 aliphatic rings. The van der Waals surface area contributed by atoms with Crippen molar-refractivity contribution in [1.29, 1.82) is 0 Å². The highest BCUT2D eigenvalue weighted by molar-refractivity contribution is 5.89. The van der Waals surface area contributed by atoms with E-state index in [1.54, 1.807) is 0 Å². The van der Waals surface area contributed by atoms with Gasteiger partial charge >= 0.3 is 0 Å². The lowest BCUT2D eigenvalue weighted by atomic mass is 10.0. The molecule has 0 unspecified atom stereocenters. The molecule has 25 heavy (non-hydrogen) atoms. The molecule has 0 aromatic rings. The van der Waals surface area contributed by atoms with Crippen molar-refractivity contribution < 1.29 is 14.3 Å². The lowest BCUT2D eigenvalue weighted by Crippen LogP contribution is -2.44. The molecule has 0 N–H and O–H groups in total. The average Bonchev–Trinajstić information content (AvgIpc) is 3.28. The van der Waals surface area contributed by atoms with Crippen molar-refractivity contribution in [2.45, 2.75) is 38.1 Å². The molecule has 2 heterocycles. The highest BCUT2D eigenvalue weighted by Crippen LogP contribution is 2.27. The molecule has 0 aromatic heterocycles. The van der Waals surface area contributed by atoms with Gasteiger partial charge in [0.05, 0.1) is 19.1 Å². The van der Waals surface area contributed by atoms with Crippen LogP contribution in [0, 0.1) is 5.92 Å². The van der Waals surface area contributed by atoms with Crippen molar-refractivity contribution in [3.05, 3.63) is 12.7 Å². The summed E-state index contributed by atoms with van der Waals surface area (Å²) in [5.41, 5.74) is 0. The Morgan fingerprint density at radius 3 is 2.64 bits per heavy atom. The van der Waals surface area contributed by atoms with E-state index in [9.17, 15) is 9.59 Å². The maximum atomic E-state index is 13.0. The Labute approximate surface area is 150 Å². The molecule has 2 saturated heterocycles. The summed E-state index contributed by atoms with van der Waals surface area (Å²) in [7, 11) is 0. The first-order valence-corrected chi connectivity index (χ1v) is 9.68. The monoisotopic (exact) mass is 349 g/mol. The zero-order chi connectivity index (χ0) is 17.6. The van der Waals surface area contributed by atoms with E-state index in [1.165, 1.54) is 12.8 Å². The van der Waals surface area contributed by atoms with Crippen LogP contribution in [-0.2, 0) is 14.3 Å². The Bertz CT molecular complexity index is 484. The van der Waals surface area contributed by atoms with Gasteiger partial charge in [0.1, 0.15) is 0 Å². The summed E-state index contributed by atoms with van der Waals surface area (Å²) in [6.07, 6.45) is 6.73. The number of hydrogen-bond acceptors (Lipinski definition) is 4. The molecule has 3 fully saturated rings. The fraction of sp³-hybridized carbons (Fsp3) is 0.789. The quantitative estimate of drug-likeness (QED) is 0.647. The van der Waals surface area contributed by atoms with Gasteiger partial charge in [0.25, 0.3) is 0 Å². The standard InChI is InChI=1S/C19H31N3O3/c1-2-7-22(17-5-3-4-6-17)19(24)16-14-18(23)21(15-16)9-8-20-10-12-25-13-11-20/h2,16-17H,1,3-15H2/t16-/m0/s1. The van der Waals surface area contributed by atoms with E-state index in [4.69, 9.17) is 4.74 Å². The van der Waals surface area contributed by atoms with Crippen molar-refractivity contribution >= 4 is 11.8 Å². The Morgan fingerprint density at radius 2 is 1.96 bits per heavy atom. The van der Waals surface area contributed by atoms with Gasteiger partial charge in [-0.15, -0.1) is 6.58 Å². The van der Waals surface area contributed by atoms with Crippen LogP contribution in [0.15, 0.2) is 12.7 Å². The van der Waals surface area contributed by atoms with Crippen LogP contribution in [0.2, 0.25) is 0 Å². The van der Waals surface area contributed by atoms with Crippen molar-refractivity contribution in [3.63, 3.8) is 0 Å². The highest BCUT2D eigenvalue weighted by atomic mass is 16.5. The minimum Gasteiger partial charge on any atom is -0.379 e. The van der Waals surface area contributed by atoms with Gasteiger partial charge in [-0.25, -0.2) is 0 Å². The van der Waals surface area contributed by atoms with Crippen LogP contribution in [-0.4, -0.2) is 85.0 Å². The van der Waals surface area contributed by atoms with Crippen LogP contribution >= 0.6 is 0 Å². The number of carbonyl (C=O) groups excluding carboxylic acids is 2. The molecule has 6 heteroatoms. The number of carbonyl (C=O) groups is 2. The van der Waals surface area contributed by atoms with Crippen LogP contribution in [0.5, 0.6) is 0 Å². The maximum absolute atomic E-state index is 13.0. The first kappa shape index (κ1) is 18.4. The molecule has 2 amide bonds. The van der Waals surface area contributed by atoms with Crippen LogP contribution in [0.4, 0.5) is 0 Å². The molecule has 0 aromatic carbocycles. The summed E-state index contributed by atoms with van der Waals surface area (Å²) in [4.78, 5) is 31.5. The zero-order valence-electron chi connectivity index (χ0n) is 15.2. The molecule has 140 valence electrons. The van der Waals surface area contributed by atoms with Crippen molar-refractivity contribution in [2.24, 2.45) is 5.92 Å². The first-order chi connectivity index (χ1) is 12.2. The van der Waals surface area contributed by atoms with Gasteiger partial charge < -0.3 is 14.5 Å². The Hall–Kier alpha value is -1.40. The molecule has 0 radical (unpaired) electrons. The fourth-order valence-corrected chi connectivity index (χ4v) is 4.25. The van der Waals surface area contributed by atoms with Gasteiger partial charge in [0.15, 0.2) is 0 Å². The normalized spacial score (nSPS) is 25.5. The van der Waals surface area contributed by atoms with E-state index < -0.39 is 0 Å². The van der Waals surface area contributed by atoms with E-state index >= 15 is 0 Å². The Balaban J connectivity index is 1.52. The highest BCUT2D eigenvalue weighted by Gasteiger charge is 2.38. The predicted molar refractivity (Wildman–Crippen MR) is 96.1 cm³/mol. The van der Waals surface area contributed by atoms with E-state index in [0.717, 1.165) is 45.7 Å². The van der Waals surface area contributed by atoms with Gasteiger partial charge in [-0.2, -0.15) is 0 Å². The first-order valence-electron chi connectivity index (χ1n) is 9.68. The predicted octanol–water partition coefficient (Wildman–Crippen LogP) is 1.12. The van der Waals surface area contributed by atoms with E-state index in [2.05, 4.69) is 11.5 Å². The van der Waals surface area contributed by atoms with Gasteiger partial charge in [0, 0.05) is 51.7 Å². The minimum absolute atomic E-state index is 0.122. The third kappa shape index (κ3) is 4.61. The second-order valence-electron chi connectivity index (χ2n) is 7.41. The molecular formula is C19H31N3O3. The summed E-state index contributed by atoms with van der Waals surface area (Å²) in [5, 5.41) is 0. The largest absolute Gasteiger partial charge is 0.379 e. The number of likely N-dealkylation sites (tertiary alicyclic amines) is 1. The number of hydrogen-bond donors (Lipinski definition) is 0. The third-order valence-corrected chi connectivity index (χ3v) is 5.73. The van der Waals surface area contributed by atoms with Crippen LogP contribution in [0.1, 0.15) is 32.1 Å². The van der Waals surface area contributed by atoms with Crippen LogP contribution in [0.3, 0.4) is 0 Å². The molecule has 0 spiro atoms. The van der Waals surface area contributed by atoms with Crippen molar-refractivity contribution in [2.75, 3.05) is 52.5 Å². The van der Waals surface area contributed by atoms with Gasteiger partial charge in [-0.05, 0) is 12.8 Å².